The molecule has 0 saturated heterocycles. The van der Waals surface area contributed by atoms with E-state index in [0.717, 1.165) is 11.3 Å². The minimum Gasteiger partial charge on any atom is -0.508 e. The average Bonchev–Trinajstić information content (AvgIpc) is 2.33. The van der Waals surface area contributed by atoms with Crippen LogP contribution in [0.25, 0.3) is 0 Å². The molecule has 2 heteroatoms. The van der Waals surface area contributed by atoms with Crippen molar-refractivity contribution in [1.29, 1.82) is 0 Å². The van der Waals surface area contributed by atoms with Gasteiger partial charge in [0, 0.05) is 9.79 Å². The molecule has 1 nitrogen and oxygen atoms in total. The van der Waals surface area contributed by atoms with Gasteiger partial charge in [-0.2, -0.15) is 0 Å². The van der Waals surface area contributed by atoms with Crippen LogP contribution in [0.2, 0.25) is 0 Å². The molecule has 0 fully saturated rings. The summed E-state index contributed by atoms with van der Waals surface area (Å²) in [6, 6.07) is 15.7. The van der Waals surface area contributed by atoms with E-state index in [4.69, 9.17) is 0 Å². The van der Waals surface area contributed by atoms with Crippen molar-refractivity contribution >= 4 is 11.8 Å². The first kappa shape index (κ1) is 11.1. The lowest BCUT2D eigenvalue weighted by molar-refractivity contribution is 0.475. The van der Waals surface area contributed by atoms with Gasteiger partial charge < -0.3 is 5.11 Å². The molecule has 82 valence electrons. The molecular formula is C14H14OS. The second-order valence-electron chi connectivity index (χ2n) is 3.56. The standard InChI is InChI=1S/C14H14OS/c1-2-11-5-3-4-6-14(11)16-13-9-7-12(15)8-10-13/h3-10,15H,2H2,1H3. The second-order valence-corrected chi connectivity index (χ2v) is 4.67. The monoisotopic (exact) mass is 230 g/mol. The lowest BCUT2D eigenvalue weighted by Gasteiger charge is -2.06. The van der Waals surface area contributed by atoms with Crippen LogP contribution in [0.5, 0.6) is 5.75 Å². The molecule has 0 heterocycles. The summed E-state index contributed by atoms with van der Waals surface area (Å²) in [5, 5.41) is 9.21. The third-order valence-corrected chi connectivity index (χ3v) is 3.54. The Balaban J connectivity index is 2.23. The van der Waals surface area contributed by atoms with Gasteiger partial charge in [0.1, 0.15) is 5.75 Å². The average molecular weight is 230 g/mol. The molecule has 0 saturated carbocycles. The fourth-order valence-corrected chi connectivity index (χ4v) is 2.55. The maximum atomic E-state index is 9.21. The number of aromatic hydroxyl groups is 1. The van der Waals surface area contributed by atoms with E-state index >= 15 is 0 Å². The zero-order valence-corrected chi connectivity index (χ0v) is 10.00. The second kappa shape index (κ2) is 5.08. The number of hydrogen-bond acceptors (Lipinski definition) is 2. The Morgan fingerprint density at radius 3 is 2.38 bits per heavy atom. The Labute approximate surface area is 100 Å². The van der Waals surface area contributed by atoms with Crippen LogP contribution in [-0.4, -0.2) is 5.11 Å². The molecule has 0 atom stereocenters. The predicted octanol–water partition coefficient (Wildman–Crippen LogP) is 4.11. The first-order chi connectivity index (χ1) is 7.79. The van der Waals surface area contributed by atoms with Crippen LogP contribution in [0.15, 0.2) is 58.3 Å². The number of phenolic OH excluding ortho intramolecular Hbond substituents is 1. The number of phenols is 1. The van der Waals surface area contributed by atoms with Crippen LogP contribution in [0.1, 0.15) is 12.5 Å². The molecule has 0 spiro atoms. The lowest BCUT2D eigenvalue weighted by Crippen LogP contribution is -1.83. The number of rotatable bonds is 3. The highest BCUT2D eigenvalue weighted by Crippen LogP contribution is 2.31. The van der Waals surface area contributed by atoms with E-state index in [1.165, 1.54) is 10.5 Å². The molecular weight excluding hydrogens is 216 g/mol. The molecule has 16 heavy (non-hydrogen) atoms. The summed E-state index contributed by atoms with van der Waals surface area (Å²) in [7, 11) is 0. The van der Waals surface area contributed by atoms with E-state index in [1.807, 2.05) is 12.1 Å². The molecule has 1 N–H and O–H groups in total. The fourth-order valence-electron chi connectivity index (χ4n) is 1.54. The Hall–Kier alpha value is -1.41. The number of hydrogen-bond donors (Lipinski definition) is 1. The quantitative estimate of drug-likeness (QED) is 0.856. The van der Waals surface area contributed by atoms with Crippen molar-refractivity contribution in [1.82, 2.24) is 0 Å². The van der Waals surface area contributed by atoms with E-state index in [1.54, 1.807) is 23.9 Å². The summed E-state index contributed by atoms with van der Waals surface area (Å²) in [5.74, 6) is 0.313. The molecule has 2 aromatic carbocycles. The van der Waals surface area contributed by atoms with E-state index in [-0.39, 0.29) is 0 Å². The molecule has 2 aromatic rings. The van der Waals surface area contributed by atoms with Gasteiger partial charge in [0.05, 0.1) is 0 Å². The van der Waals surface area contributed by atoms with Gasteiger partial charge in [-0.3, -0.25) is 0 Å². The molecule has 2 rings (SSSR count). The van der Waals surface area contributed by atoms with Gasteiger partial charge in [-0.1, -0.05) is 36.9 Å². The van der Waals surface area contributed by atoms with Crippen LogP contribution in [-0.2, 0) is 6.42 Å². The van der Waals surface area contributed by atoms with Crippen LogP contribution in [0.4, 0.5) is 0 Å². The Bertz CT molecular complexity index is 462. The molecule has 0 radical (unpaired) electrons. The molecule has 0 aromatic heterocycles. The summed E-state index contributed by atoms with van der Waals surface area (Å²) >= 11 is 1.74. The summed E-state index contributed by atoms with van der Waals surface area (Å²) in [6.45, 7) is 2.16. The molecule has 0 aliphatic heterocycles. The van der Waals surface area contributed by atoms with Crippen molar-refractivity contribution < 1.29 is 5.11 Å². The summed E-state index contributed by atoms with van der Waals surface area (Å²) in [4.78, 5) is 2.44. The normalized spacial score (nSPS) is 10.3. The molecule has 0 aliphatic rings. The van der Waals surface area contributed by atoms with E-state index in [2.05, 4.69) is 31.2 Å². The highest BCUT2D eigenvalue weighted by atomic mass is 32.2. The van der Waals surface area contributed by atoms with Crippen LogP contribution < -0.4 is 0 Å². The maximum Gasteiger partial charge on any atom is 0.115 e. The first-order valence-corrected chi connectivity index (χ1v) is 6.16. The van der Waals surface area contributed by atoms with Crippen molar-refractivity contribution in [3.8, 4) is 5.75 Å². The van der Waals surface area contributed by atoms with E-state index in [9.17, 15) is 5.11 Å². The summed E-state index contributed by atoms with van der Waals surface area (Å²) < 4.78 is 0. The molecule has 0 aliphatic carbocycles. The van der Waals surface area contributed by atoms with Gasteiger partial charge in [0.25, 0.3) is 0 Å². The van der Waals surface area contributed by atoms with Gasteiger partial charge in [0.15, 0.2) is 0 Å². The minimum absolute atomic E-state index is 0.313. The van der Waals surface area contributed by atoms with Crippen molar-refractivity contribution in [2.24, 2.45) is 0 Å². The van der Waals surface area contributed by atoms with Gasteiger partial charge in [0.2, 0.25) is 0 Å². The van der Waals surface area contributed by atoms with E-state index < -0.39 is 0 Å². The molecule has 0 bridgehead atoms. The third-order valence-electron chi connectivity index (χ3n) is 2.42. The SMILES string of the molecule is CCc1ccccc1Sc1ccc(O)cc1. The smallest absolute Gasteiger partial charge is 0.115 e. The Morgan fingerprint density at radius 1 is 1.00 bits per heavy atom. The van der Waals surface area contributed by atoms with Gasteiger partial charge in [-0.25, -0.2) is 0 Å². The summed E-state index contributed by atoms with van der Waals surface area (Å²) in [5.41, 5.74) is 1.36. The number of benzene rings is 2. The van der Waals surface area contributed by atoms with Gasteiger partial charge >= 0.3 is 0 Å². The summed E-state index contributed by atoms with van der Waals surface area (Å²) in [6.07, 6.45) is 1.04. The maximum absolute atomic E-state index is 9.21. The molecule has 0 unspecified atom stereocenters. The molecule has 0 amide bonds. The number of aryl methyl sites for hydroxylation is 1. The van der Waals surface area contributed by atoms with Crippen LogP contribution in [0, 0.1) is 0 Å². The van der Waals surface area contributed by atoms with Gasteiger partial charge in [-0.05, 0) is 42.3 Å². The van der Waals surface area contributed by atoms with Crippen LogP contribution >= 0.6 is 11.8 Å². The van der Waals surface area contributed by atoms with Crippen molar-refractivity contribution in [2.45, 2.75) is 23.1 Å². The largest absolute Gasteiger partial charge is 0.508 e. The third kappa shape index (κ3) is 2.58. The topological polar surface area (TPSA) is 20.2 Å². The Morgan fingerprint density at radius 2 is 1.69 bits per heavy atom. The lowest BCUT2D eigenvalue weighted by atomic mass is 10.2. The highest BCUT2D eigenvalue weighted by Gasteiger charge is 2.01. The first-order valence-electron chi connectivity index (χ1n) is 5.34. The van der Waals surface area contributed by atoms with Crippen LogP contribution in [0.3, 0.4) is 0 Å². The zero-order chi connectivity index (χ0) is 11.4. The van der Waals surface area contributed by atoms with Gasteiger partial charge in [-0.15, -0.1) is 0 Å². The zero-order valence-electron chi connectivity index (χ0n) is 9.18. The van der Waals surface area contributed by atoms with Crippen molar-refractivity contribution in [2.75, 3.05) is 0 Å². The predicted molar refractivity (Wildman–Crippen MR) is 68.0 cm³/mol. The van der Waals surface area contributed by atoms with E-state index in [0.29, 0.717) is 5.75 Å². The van der Waals surface area contributed by atoms with Crippen molar-refractivity contribution in [3.05, 3.63) is 54.1 Å². The minimum atomic E-state index is 0.313. The van der Waals surface area contributed by atoms with Crippen molar-refractivity contribution in [3.63, 3.8) is 0 Å². The Kier molecular flexibility index (Phi) is 3.52. The highest BCUT2D eigenvalue weighted by molar-refractivity contribution is 7.99. The fraction of sp³-hybridized carbons (Fsp3) is 0.143.